The zero-order valence-electron chi connectivity index (χ0n) is 12.3. The van der Waals surface area contributed by atoms with Crippen molar-refractivity contribution in [2.75, 3.05) is 21.3 Å². The molecule has 1 heterocycles. The van der Waals surface area contributed by atoms with Crippen molar-refractivity contribution in [2.45, 2.75) is 13.0 Å². The van der Waals surface area contributed by atoms with Crippen LogP contribution >= 0.6 is 43.2 Å². The molecule has 21 heavy (non-hydrogen) atoms. The van der Waals surface area contributed by atoms with Gasteiger partial charge in [-0.05, 0) is 75.2 Å². The highest BCUT2D eigenvalue weighted by Gasteiger charge is 2.20. The van der Waals surface area contributed by atoms with Crippen molar-refractivity contribution in [3.63, 3.8) is 0 Å². The number of benzene rings is 1. The fourth-order valence-electron chi connectivity index (χ4n) is 2.26. The summed E-state index contributed by atoms with van der Waals surface area (Å²) in [6.07, 6.45) is 0. The largest absolute Gasteiger partial charge is 0.493 e. The van der Waals surface area contributed by atoms with Gasteiger partial charge in [-0.2, -0.15) is 0 Å². The van der Waals surface area contributed by atoms with Gasteiger partial charge in [-0.3, -0.25) is 0 Å². The highest BCUT2D eigenvalue weighted by molar-refractivity contribution is 9.13. The third kappa shape index (κ3) is 3.44. The van der Waals surface area contributed by atoms with Crippen molar-refractivity contribution in [1.29, 1.82) is 0 Å². The first kappa shape index (κ1) is 16.8. The van der Waals surface area contributed by atoms with E-state index in [0.717, 1.165) is 25.3 Å². The molecule has 1 unspecified atom stereocenters. The fraction of sp³-hybridized carbons (Fsp3) is 0.333. The van der Waals surface area contributed by atoms with Crippen molar-refractivity contribution >= 4 is 43.2 Å². The number of methoxy groups -OCH3 is 2. The second-order valence-corrected chi connectivity index (χ2v) is 7.81. The van der Waals surface area contributed by atoms with Gasteiger partial charge in [0.05, 0.1) is 24.0 Å². The molecule has 0 saturated heterocycles. The van der Waals surface area contributed by atoms with E-state index < -0.39 is 0 Å². The molecule has 2 aromatic rings. The first-order chi connectivity index (χ1) is 10.0. The number of rotatable bonds is 5. The SMILES string of the molecule is CNC(c1cc(Br)c(Br)s1)c1cc(OC)c(OC)cc1C. The Labute approximate surface area is 145 Å². The lowest BCUT2D eigenvalue weighted by Crippen LogP contribution is -2.17. The second-order valence-electron chi connectivity index (χ2n) is 4.56. The van der Waals surface area contributed by atoms with Gasteiger partial charge >= 0.3 is 0 Å². The Balaban J connectivity index is 2.51. The van der Waals surface area contributed by atoms with Gasteiger partial charge < -0.3 is 14.8 Å². The minimum Gasteiger partial charge on any atom is -0.493 e. The highest BCUT2D eigenvalue weighted by atomic mass is 79.9. The molecule has 1 aromatic heterocycles. The van der Waals surface area contributed by atoms with E-state index in [1.165, 1.54) is 10.4 Å². The first-order valence-electron chi connectivity index (χ1n) is 6.36. The third-order valence-electron chi connectivity index (χ3n) is 3.32. The molecule has 1 aromatic carbocycles. The van der Waals surface area contributed by atoms with E-state index in [0.29, 0.717) is 0 Å². The Morgan fingerprint density at radius 1 is 1.10 bits per heavy atom. The smallest absolute Gasteiger partial charge is 0.161 e. The summed E-state index contributed by atoms with van der Waals surface area (Å²) < 4.78 is 12.9. The molecular weight excluding hydrogens is 418 g/mol. The number of thiophene rings is 1. The van der Waals surface area contributed by atoms with E-state index in [-0.39, 0.29) is 6.04 Å². The monoisotopic (exact) mass is 433 g/mol. The molecule has 1 atom stereocenters. The molecule has 1 N–H and O–H groups in total. The molecule has 0 amide bonds. The minimum absolute atomic E-state index is 0.109. The number of ether oxygens (including phenoxy) is 2. The van der Waals surface area contributed by atoms with Crippen molar-refractivity contribution < 1.29 is 9.47 Å². The van der Waals surface area contributed by atoms with Gasteiger partial charge in [-0.15, -0.1) is 11.3 Å². The van der Waals surface area contributed by atoms with Crippen LogP contribution in [0.2, 0.25) is 0 Å². The molecule has 0 aliphatic carbocycles. The molecule has 0 fully saturated rings. The number of nitrogens with one attached hydrogen (secondary N) is 1. The Hall–Kier alpha value is -0.560. The van der Waals surface area contributed by atoms with Gasteiger partial charge in [0, 0.05) is 9.35 Å². The van der Waals surface area contributed by atoms with Gasteiger partial charge in [0.25, 0.3) is 0 Å². The average molecular weight is 435 g/mol. The summed E-state index contributed by atoms with van der Waals surface area (Å²) in [5.74, 6) is 1.50. The molecule has 0 bridgehead atoms. The summed E-state index contributed by atoms with van der Waals surface area (Å²) >= 11 is 8.81. The Bertz CT molecular complexity index is 623. The normalized spacial score (nSPS) is 12.3. The topological polar surface area (TPSA) is 30.5 Å². The zero-order valence-corrected chi connectivity index (χ0v) is 16.3. The van der Waals surface area contributed by atoms with Crippen molar-refractivity contribution in [2.24, 2.45) is 0 Å². The van der Waals surface area contributed by atoms with E-state index in [1.54, 1.807) is 25.6 Å². The summed E-state index contributed by atoms with van der Waals surface area (Å²) in [4.78, 5) is 1.23. The minimum atomic E-state index is 0.109. The van der Waals surface area contributed by atoms with Crippen molar-refractivity contribution in [1.82, 2.24) is 5.32 Å². The summed E-state index contributed by atoms with van der Waals surface area (Å²) in [6.45, 7) is 2.08. The molecule has 0 spiro atoms. The van der Waals surface area contributed by atoms with E-state index >= 15 is 0 Å². The zero-order chi connectivity index (χ0) is 15.6. The maximum Gasteiger partial charge on any atom is 0.161 e. The van der Waals surface area contributed by atoms with E-state index in [4.69, 9.17) is 9.47 Å². The Kier molecular flexibility index (Phi) is 5.71. The van der Waals surface area contributed by atoms with Crippen LogP contribution in [0, 0.1) is 6.92 Å². The second kappa shape index (κ2) is 7.13. The summed E-state index contributed by atoms with van der Waals surface area (Å²) in [6, 6.07) is 6.29. The highest BCUT2D eigenvalue weighted by Crippen LogP contribution is 2.40. The summed E-state index contributed by atoms with van der Waals surface area (Å²) in [5.41, 5.74) is 2.34. The van der Waals surface area contributed by atoms with E-state index in [9.17, 15) is 0 Å². The number of aryl methyl sites for hydroxylation is 1. The third-order valence-corrected chi connectivity index (χ3v) is 6.64. The van der Waals surface area contributed by atoms with Crippen LogP contribution in [0.3, 0.4) is 0 Å². The molecule has 0 radical (unpaired) electrons. The van der Waals surface area contributed by atoms with Crippen molar-refractivity contribution in [3.05, 3.63) is 42.5 Å². The molecule has 3 nitrogen and oxygen atoms in total. The molecule has 114 valence electrons. The first-order valence-corrected chi connectivity index (χ1v) is 8.76. The van der Waals surface area contributed by atoms with Gasteiger partial charge in [-0.25, -0.2) is 0 Å². The maximum absolute atomic E-state index is 5.42. The summed E-state index contributed by atoms with van der Waals surface area (Å²) in [7, 11) is 5.27. The molecular formula is C15H17Br2NO2S. The average Bonchev–Trinajstić information content (AvgIpc) is 2.80. The summed E-state index contributed by atoms with van der Waals surface area (Å²) in [5, 5.41) is 3.38. The Morgan fingerprint density at radius 2 is 1.71 bits per heavy atom. The van der Waals surface area contributed by atoms with Crippen LogP contribution in [-0.4, -0.2) is 21.3 Å². The van der Waals surface area contributed by atoms with Crippen LogP contribution in [0.15, 0.2) is 26.5 Å². The van der Waals surface area contributed by atoms with Gasteiger partial charge in [0.1, 0.15) is 0 Å². The van der Waals surface area contributed by atoms with Crippen LogP contribution in [0.25, 0.3) is 0 Å². The quantitative estimate of drug-likeness (QED) is 0.725. The predicted molar refractivity (Wildman–Crippen MR) is 94.9 cm³/mol. The lowest BCUT2D eigenvalue weighted by atomic mass is 9.99. The van der Waals surface area contributed by atoms with Crippen LogP contribution in [0.1, 0.15) is 22.0 Å². The van der Waals surface area contributed by atoms with Crippen molar-refractivity contribution in [3.8, 4) is 11.5 Å². The lowest BCUT2D eigenvalue weighted by molar-refractivity contribution is 0.354. The van der Waals surface area contributed by atoms with Crippen LogP contribution in [0.4, 0.5) is 0 Å². The number of hydrogen-bond acceptors (Lipinski definition) is 4. The van der Waals surface area contributed by atoms with Gasteiger partial charge in [-0.1, -0.05) is 0 Å². The molecule has 0 saturated carbocycles. The standard InChI is InChI=1S/C15H17Br2NO2S/c1-8-5-11(19-3)12(20-4)6-9(8)14(18-2)13-7-10(16)15(17)21-13/h5-7,14,18H,1-4H3. The van der Waals surface area contributed by atoms with Gasteiger partial charge in [0.15, 0.2) is 11.5 Å². The van der Waals surface area contributed by atoms with Crippen LogP contribution in [-0.2, 0) is 0 Å². The molecule has 2 rings (SSSR count). The molecule has 6 heteroatoms. The van der Waals surface area contributed by atoms with E-state index in [2.05, 4.69) is 50.2 Å². The lowest BCUT2D eigenvalue weighted by Gasteiger charge is -2.20. The number of halogens is 2. The fourth-order valence-corrected chi connectivity index (χ4v) is 4.48. The molecule has 0 aliphatic heterocycles. The molecule has 0 aliphatic rings. The van der Waals surface area contributed by atoms with Crippen LogP contribution in [0.5, 0.6) is 11.5 Å². The number of hydrogen-bond donors (Lipinski definition) is 1. The van der Waals surface area contributed by atoms with Crippen LogP contribution < -0.4 is 14.8 Å². The maximum atomic E-state index is 5.42. The predicted octanol–water partition coefficient (Wildman–Crippen LogP) is 4.91. The van der Waals surface area contributed by atoms with Gasteiger partial charge in [0.2, 0.25) is 0 Å². The van der Waals surface area contributed by atoms with E-state index in [1.807, 2.05) is 19.2 Å². The Morgan fingerprint density at radius 3 is 2.19 bits per heavy atom.